The highest BCUT2D eigenvalue weighted by Crippen LogP contribution is 2.33. The summed E-state index contributed by atoms with van der Waals surface area (Å²) in [4.78, 5) is 29.8. The van der Waals surface area contributed by atoms with Crippen molar-refractivity contribution in [3.63, 3.8) is 0 Å². The molecule has 0 fully saturated rings. The normalized spacial score (nSPS) is 10.6. The van der Waals surface area contributed by atoms with E-state index in [0.717, 1.165) is 0 Å². The van der Waals surface area contributed by atoms with Gasteiger partial charge in [-0.05, 0) is 42.5 Å². The van der Waals surface area contributed by atoms with Crippen molar-refractivity contribution >= 4 is 28.5 Å². The highest BCUT2D eigenvalue weighted by Gasteiger charge is 2.18. The lowest BCUT2D eigenvalue weighted by molar-refractivity contribution is -0.119. The van der Waals surface area contributed by atoms with Crippen LogP contribution in [0.5, 0.6) is 11.5 Å². The lowest BCUT2D eigenvalue weighted by atomic mass is 10.0. The van der Waals surface area contributed by atoms with Gasteiger partial charge in [-0.15, -0.1) is 0 Å². The van der Waals surface area contributed by atoms with Crippen LogP contribution in [0.4, 0.5) is 10.1 Å². The van der Waals surface area contributed by atoms with Gasteiger partial charge in [0.15, 0.2) is 18.1 Å². The number of pyridine rings is 1. The molecule has 0 saturated heterocycles. The second kappa shape index (κ2) is 9.99. The maximum Gasteiger partial charge on any atom is 0.339 e. The Morgan fingerprint density at radius 2 is 1.65 bits per heavy atom. The van der Waals surface area contributed by atoms with Crippen molar-refractivity contribution in [2.24, 2.45) is 0 Å². The summed E-state index contributed by atoms with van der Waals surface area (Å²) in [5.41, 5.74) is 2.05. The van der Waals surface area contributed by atoms with Gasteiger partial charge in [0.2, 0.25) is 0 Å². The molecule has 8 heteroatoms. The predicted octanol–water partition coefficient (Wildman–Crippen LogP) is 4.85. The van der Waals surface area contributed by atoms with E-state index in [4.69, 9.17) is 14.2 Å². The zero-order valence-electron chi connectivity index (χ0n) is 18.5. The number of anilines is 1. The topological polar surface area (TPSA) is 86.8 Å². The van der Waals surface area contributed by atoms with E-state index in [-0.39, 0.29) is 11.3 Å². The lowest BCUT2D eigenvalue weighted by Crippen LogP contribution is -2.21. The van der Waals surface area contributed by atoms with Gasteiger partial charge in [-0.25, -0.2) is 14.2 Å². The Morgan fingerprint density at radius 1 is 0.912 bits per heavy atom. The van der Waals surface area contributed by atoms with Crippen LogP contribution in [0.15, 0.2) is 72.8 Å². The highest BCUT2D eigenvalue weighted by atomic mass is 19.1. The molecule has 172 valence electrons. The molecule has 0 bridgehead atoms. The molecule has 0 aliphatic carbocycles. The number of para-hydroxylation sites is 2. The SMILES string of the molecule is COc1ccc(-c2cc(C(=O)OCC(=O)Nc3ccccc3F)c3ccccc3n2)cc1OC. The van der Waals surface area contributed by atoms with E-state index in [1.807, 2.05) is 6.07 Å². The number of esters is 1. The highest BCUT2D eigenvalue weighted by molar-refractivity contribution is 6.05. The molecule has 0 aliphatic heterocycles. The number of nitrogens with one attached hydrogen (secondary N) is 1. The number of carbonyl (C=O) groups is 2. The molecule has 1 aromatic heterocycles. The first-order valence-electron chi connectivity index (χ1n) is 10.3. The molecule has 1 N–H and O–H groups in total. The molecule has 0 saturated carbocycles. The average Bonchev–Trinajstić information content (AvgIpc) is 2.87. The molecule has 0 atom stereocenters. The lowest BCUT2D eigenvalue weighted by Gasteiger charge is -2.12. The van der Waals surface area contributed by atoms with Crippen LogP contribution in [0.1, 0.15) is 10.4 Å². The van der Waals surface area contributed by atoms with E-state index in [9.17, 15) is 14.0 Å². The molecule has 34 heavy (non-hydrogen) atoms. The summed E-state index contributed by atoms with van der Waals surface area (Å²) >= 11 is 0. The zero-order valence-corrected chi connectivity index (χ0v) is 18.5. The fourth-order valence-electron chi connectivity index (χ4n) is 3.45. The van der Waals surface area contributed by atoms with Crippen molar-refractivity contribution in [1.82, 2.24) is 4.98 Å². The predicted molar refractivity (Wildman–Crippen MR) is 126 cm³/mol. The zero-order chi connectivity index (χ0) is 24.1. The number of aromatic nitrogens is 1. The monoisotopic (exact) mass is 460 g/mol. The van der Waals surface area contributed by atoms with Crippen LogP contribution in [-0.4, -0.2) is 37.7 Å². The molecule has 4 aromatic rings. The van der Waals surface area contributed by atoms with Crippen molar-refractivity contribution < 1.29 is 28.2 Å². The average molecular weight is 460 g/mol. The molecule has 3 aromatic carbocycles. The van der Waals surface area contributed by atoms with Gasteiger partial charge in [-0.3, -0.25) is 4.79 Å². The van der Waals surface area contributed by atoms with Crippen LogP contribution in [0.3, 0.4) is 0 Å². The third kappa shape index (κ3) is 4.80. The summed E-state index contributed by atoms with van der Waals surface area (Å²) < 4.78 is 29.6. The Labute approximate surface area is 195 Å². The van der Waals surface area contributed by atoms with E-state index in [1.54, 1.807) is 55.6 Å². The van der Waals surface area contributed by atoms with Crippen molar-refractivity contribution in [2.45, 2.75) is 0 Å². The molecule has 0 radical (unpaired) electrons. The van der Waals surface area contributed by atoms with E-state index in [1.165, 1.54) is 25.3 Å². The van der Waals surface area contributed by atoms with Gasteiger partial charge in [0.25, 0.3) is 5.91 Å². The summed E-state index contributed by atoms with van der Waals surface area (Å²) in [7, 11) is 3.08. The molecular formula is C26H21FN2O5. The Morgan fingerprint density at radius 3 is 2.41 bits per heavy atom. The van der Waals surface area contributed by atoms with Gasteiger partial charge >= 0.3 is 5.97 Å². The third-order valence-corrected chi connectivity index (χ3v) is 5.10. The molecule has 4 rings (SSSR count). The first-order valence-corrected chi connectivity index (χ1v) is 10.3. The van der Waals surface area contributed by atoms with E-state index in [2.05, 4.69) is 10.3 Å². The molecule has 7 nitrogen and oxygen atoms in total. The van der Waals surface area contributed by atoms with E-state index >= 15 is 0 Å². The van der Waals surface area contributed by atoms with Gasteiger partial charge in [-0.2, -0.15) is 0 Å². The fraction of sp³-hybridized carbons (Fsp3) is 0.115. The second-order valence-corrected chi connectivity index (χ2v) is 7.25. The van der Waals surface area contributed by atoms with Crippen molar-refractivity contribution in [2.75, 3.05) is 26.1 Å². The number of fused-ring (bicyclic) bond motifs is 1. The Balaban J connectivity index is 1.61. The van der Waals surface area contributed by atoms with Crippen LogP contribution < -0.4 is 14.8 Å². The molecule has 1 heterocycles. The minimum atomic E-state index is -0.705. The smallest absolute Gasteiger partial charge is 0.339 e. The van der Waals surface area contributed by atoms with E-state index < -0.39 is 24.3 Å². The number of amides is 1. The standard InChI is InChI=1S/C26H21FN2O5/c1-32-23-12-11-16(13-24(23)33-2)22-14-18(17-7-3-5-9-20(17)28-22)26(31)34-15-25(30)29-21-10-6-4-8-19(21)27/h3-14H,15H2,1-2H3,(H,29,30). The van der Waals surface area contributed by atoms with Gasteiger partial charge in [0.05, 0.1) is 36.7 Å². The largest absolute Gasteiger partial charge is 0.493 e. The quantitative estimate of drug-likeness (QED) is 0.397. The number of hydrogen-bond donors (Lipinski definition) is 1. The van der Waals surface area contributed by atoms with Crippen molar-refractivity contribution in [3.05, 3.63) is 84.2 Å². The number of halogens is 1. The number of methoxy groups -OCH3 is 2. The summed E-state index contributed by atoms with van der Waals surface area (Å²) in [5.74, 6) is -0.862. The number of hydrogen-bond acceptors (Lipinski definition) is 6. The molecule has 0 spiro atoms. The summed E-state index contributed by atoms with van der Waals surface area (Å²) in [5, 5.41) is 2.96. The van der Waals surface area contributed by atoms with Crippen LogP contribution in [0.2, 0.25) is 0 Å². The van der Waals surface area contributed by atoms with Crippen LogP contribution in [0.25, 0.3) is 22.2 Å². The van der Waals surface area contributed by atoms with E-state index in [0.29, 0.717) is 33.7 Å². The van der Waals surface area contributed by atoms with Gasteiger partial charge in [-0.1, -0.05) is 30.3 Å². The molecular weight excluding hydrogens is 439 g/mol. The van der Waals surface area contributed by atoms with Gasteiger partial charge in [0, 0.05) is 10.9 Å². The number of ether oxygens (including phenoxy) is 3. The van der Waals surface area contributed by atoms with Crippen LogP contribution >= 0.6 is 0 Å². The van der Waals surface area contributed by atoms with Gasteiger partial charge < -0.3 is 19.5 Å². The Bertz CT molecular complexity index is 1370. The third-order valence-electron chi connectivity index (χ3n) is 5.10. The minimum absolute atomic E-state index is 0.00801. The number of rotatable bonds is 7. The Kier molecular flexibility index (Phi) is 6.68. The first-order chi connectivity index (χ1) is 16.5. The van der Waals surface area contributed by atoms with Crippen LogP contribution in [0, 0.1) is 5.82 Å². The van der Waals surface area contributed by atoms with Crippen LogP contribution in [-0.2, 0) is 9.53 Å². The maximum atomic E-state index is 13.7. The minimum Gasteiger partial charge on any atom is -0.493 e. The molecule has 1 amide bonds. The van der Waals surface area contributed by atoms with Gasteiger partial charge in [0.1, 0.15) is 5.82 Å². The number of carbonyl (C=O) groups excluding carboxylic acids is 2. The fourth-order valence-corrected chi connectivity index (χ4v) is 3.45. The first kappa shape index (κ1) is 22.7. The summed E-state index contributed by atoms with van der Waals surface area (Å²) in [6, 6.07) is 19.8. The Hall–Kier alpha value is -4.46. The van der Waals surface area contributed by atoms with Crippen molar-refractivity contribution in [1.29, 1.82) is 0 Å². The second-order valence-electron chi connectivity index (χ2n) is 7.25. The number of benzene rings is 3. The maximum absolute atomic E-state index is 13.7. The number of nitrogens with zero attached hydrogens (tertiary/aromatic N) is 1. The van der Waals surface area contributed by atoms with Crippen molar-refractivity contribution in [3.8, 4) is 22.8 Å². The molecule has 0 unspecified atom stereocenters. The summed E-state index contributed by atoms with van der Waals surface area (Å²) in [6.45, 7) is -0.574. The summed E-state index contributed by atoms with van der Waals surface area (Å²) in [6.07, 6.45) is 0. The molecule has 0 aliphatic rings.